The van der Waals surface area contributed by atoms with E-state index in [-0.39, 0.29) is 11.8 Å². The lowest BCUT2D eigenvalue weighted by Gasteiger charge is -2.25. The van der Waals surface area contributed by atoms with E-state index in [9.17, 15) is 17.6 Å². The molecule has 5 nitrogen and oxygen atoms in total. The summed E-state index contributed by atoms with van der Waals surface area (Å²) in [5.41, 5.74) is -0.626. The molecule has 2 bridgehead atoms. The predicted molar refractivity (Wildman–Crippen MR) is 65.4 cm³/mol. The number of carbonyl (C=O) groups excluding carboxylic acids is 1. The van der Waals surface area contributed by atoms with E-state index in [1.165, 1.54) is 0 Å². The van der Waals surface area contributed by atoms with Gasteiger partial charge in [0.1, 0.15) is 6.10 Å². The minimum absolute atomic E-state index is 0.00952. The number of carbonyl (C=O) groups is 1. The lowest BCUT2D eigenvalue weighted by Crippen LogP contribution is -2.45. The third kappa shape index (κ3) is 2.21. The number of allylic oxidation sites excluding steroid dienone is 1. The summed E-state index contributed by atoms with van der Waals surface area (Å²) in [6, 6.07) is 0. The highest BCUT2D eigenvalue weighted by Crippen LogP contribution is 2.42. The van der Waals surface area contributed by atoms with E-state index >= 15 is 0 Å². The first-order valence-electron chi connectivity index (χ1n) is 5.87. The topological polar surface area (TPSA) is 80.7 Å². The molecular formula is C12H15FO5S. The molecule has 2 rings (SSSR count). The van der Waals surface area contributed by atoms with E-state index in [1.54, 1.807) is 0 Å². The highest BCUT2D eigenvalue weighted by atomic mass is 32.2. The Morgan fingerprint density at radius 2 is 2.11 bits per heavy atom. The molecule has 1 saturated carbocycles. The number of halogens is 1. The summed E-state index contributed by atoms with van der Waals surface area (Å²) in [6.07, 6.45) is 4.69. The normalized spacial score (nSPS) is 32.1. The van der Waals surface area contributed by atoms with Crippen LogP contribution in [0.5, 0.6) is 0 Å². The van der Waals surface area contributed by atoms with Gasteiger partial charge in [-0.2, -0.15) is 8.42 Å². The molecule has 0 saturated heterocycles. The van der Waals surface area contributed by atoms with Crippen LogP contribution in [0.3, 0.4) is 0 Å². The summed E-state index contributed by atoms with van der Waals surface area (Å²) in [5, 5.41) is -3.60. The molecule has 1 N–H and O–H groups in total. The Morgan fingerprint density at radius 3 is 2.47 bits per heavy atom. The molecule has 2 aliphatic carbocycles. The SMILES string of the molecule is C=C(C)C(F)(C(=O)OC1CC2C=CC1C2)S(=O)(=O)O. The Kier molecular flexibility index (Phi) is 3.30. The molecule has 19 heavy (non-hydrogen) atoms. The summed E-state index contributed by atoms with van der Waals surface area (Å²) in [5.74, 6) is -1.34. The first kappa shape index (κ1) is 14.2. The van der Waals surface area contributed by atoms with Gasteiger partial charge in [0.25, 0.3) is 0 Å². The molecule has 0 spiro atoms. The van der Waals surface area contributed by atoms with E-state index in [0.717, 1.165) is 13.3 Å². The van der Waals surface area contributed by atoms with Gasteiger partial charge in [0.2, 0.25) is 0 Å². The van der Waals surface area contributed by atoms with Crippen LogP contribution in [0.1, 0.15) is 19.8 Å². The molecular weight excluding hydrogens is 275 g/mol. The first-order chi connectivity index (χ1) is 8.66. The molecule has 0 aromatic carbocycles. The zero-order valence-corrected chi connectivity index (χ0v) is 11.2. The van der Waals surface area contributed by atoms with Gasteiger partial charge in [0, 0.05) is 5.92 Å². The van der Waals surface area contributed by atoms with Gasteiger partial charge < -0.3 is 4.74 Å². The van der Waals surface area contributed by atoms with Crippen molar-refractivity contribution in [3.8, 4) is 0 Å². The molecule has 0 aromatic heterocycles. The number of alkyl halides is 1. The van der Waals surface area contributed by atoms with Crippen molar-refractivity contribution in [1.82, 2.24) is 0 Å². The predicted octanol–water partition coefficient (Wildman–Crippen LogP) is 1.62. The summed E-state index contributed by atoms with van der Waals surface area (Å²) >= 11 is 0. The maximum atomic E-state index is 14.3. The van der Waals surface area contributed by atoms with Crippen LogP contribution in [-0.2, 0) is 19.6 Å². The fourth-order valence-corrected chi connectivity index (χ4v) is 3.28. The van der Waals surface area contributed by atoms with E-state index in [0.29, 0.717) is 6.42 Å². The van der Waals surface area contributed by atoms with Gasteiger partial charge in [0.05, 0.1) is 0 Å². The van der Waals surface area contributed by atoms with Crippen LogP contribution < -0.4 is 0 Å². The zero-order chi connectivity index (χ0) is 14.4. The van der Waals surface area contributed by atoms with Gasteiger partial charge >= 0.3 is 21.1 Å². The van der Waals surface area contributed by atoms with E-state index in [2.05, 4.69) is 6.58 Å². The van der Waals surface area contributed by atoms with Gasteiger partial charge in [-0.1, -0.05) is 18.7 Å². The molecule has 7 heteroatoms. The van der Waals surface area contributed by atoms with Crippen molar-refractivity contribution in [3.63, 3.8) is 0 Å². The molecule has 0 heterocycles. The molecule has 106 valence electrons. The summed E-state index contributed by atoms with van der Waals surface area (Å²) in [4.78, 5) is 11.8. The van der Waals surface area contributed by atoms with Crippen LogP contribution in [0.25, 0.3) is 0 Å². The van der Waals surface area contributed by atoms with Crippen molar-refractivity contribution in [2.75, 3.05) is 0 Å². The number of esters is 1. The van der Waals surface area contributed by atoms with Crippen molar-refractivity contribution in [2.45, 2.75) is 30.9 Å². The third-order valence-corrected chi connectivity index (χ3v) is 4.87. The largest absolute Gasteiger partial charge is 0.458 e. The second kappa shape index (κ2) is 4.42. The average Bonchev–Trinajstić information content (AvgIpc) is 2.87. The smallest absolute Gasteiger partial charge is 0.367 e. The summed E-state index contributed by atoms with van der Waals surface area (Å²) in [7, 11) is -5.28. The van der Waals surface area contributed by atoms with Crippen molar-refractivity contribution in [1.29, 1.82) is 0 Å². The molecule has 2 aliphatic rings. The van der Waals surface area contributed by atoms with Crippen LogP contribution >= 0.6 is 0 Å². The number of ether oxygens (including phenoxy) is 1. The zero-order valence-electron chi connectivity index (χ0n) is 10.4. The Hall–Kier alpha value is -1.21. The fraction of sp³-hybridized carbons (Fsp3) is 0.583. The highest BCUT2D eigenvalue weighted by molar-refractivity contribution is 7.88. The summed E-state index contributed by atoms with van der Waals surface area (Å²) < 4.78 is 50.3. The molecule has 0 aromatic rings. The van der Waals surface area contributed by atoms with Crippen LogP contribution in [0.2, 0.25) is 0 Å². The molecule has 0 amide bonds. The third-order valence-electron chi connectivity index (χ3n) is 3.64. The van der Waals surface area contributed by atoms with Crippen molar-refractivity contribution in [3.05, 3.63) is 24.3 Å². The van der Waals surface area contributed by atoms with Gasteiger partial charge in [0.15, 0.2) is 0 Å². The second-order valence-corrected chi connectivity index (χ2v) is 6.59. The van der Waals surface area contributed by atoms with Gasteiger partial charge in [-0.05, 0) is 31.3 Å². The van der Waals surface area contributed by atoms with Crippen LogP contribution in [-0.4, -0.2) is 30.0 Å². The van der Waals surface area contributed by atoms with E-state index in [1.807, 2.05) is 12.2 Å². The lowest BCUT2D eigenvalue weighted by atomic mass is 10.0. The molecule has 0 radical (unpaired) electrons. The highest BCUT2D eigenvalue weighted by Gasteiger charge is 2.55. The standard InChI is InChI=1S/C12H15FO5S/c1-7(2)12(13,19(15,16)17)11(14)18-10-6-8-3-4-9(10)5-8/h3-4,8-10H,1,5-6H2,2H3,(H,15,16,17). The maximum Gasteiger partial charge on any atom is 0.367 e. The average molecular weight is 290 g/mol. The van der Waals surface area contributed by atoms with E-state index in [4.69, 9.17) is 9.29 Å². The van der Waals surface area contributed by atoms with Gasteiger partial charge in [-0.3, -0.25) is 4.55 Å². The van der Waals surface area contributed by atoms with Gasteiger partial charge in [-0.15, -0.1) is 0 Å². The fourth-order valence-electron chi connectivity index (χ4n) is 2.58. The Balaban J connectivity index is 2.18. The van der Waals surface area contributed by atoms with Crippen LogP contribution in [0, 0.1) is 11.8 Å². The Labute approximate surface area is 110 Å². The summed E-state index contributed by atoms with van der Waals surface area (Å²) in [6.45, 7) is 4.12. The molecule has 4 atom stereocenters. The van der Waals surface area contributed by atoms with Crippen molar-refractivity contribution < 1.29 is 26.9 Å². The Morgan fingerprint density at radius 1 is 1.47 bits per heavy atom. The van der Waals surface area contributed by atoms with Gasteiger partial charge in [-0.25, -0.2) is 9.18 Å². The minimum Gasteiger partial charge on any atom is -0.458 e. The maximum absolute atomic E-state index is 14.3. The Bertz CT molecular complexity index is 552. The lowest BCUT2D eigenvalue weighted by molar-refractivity contribution is -0.157. The number of fused-ring (bicyclic) bond motifs is 2. The minimum atomic E-state index is -5.28. The van der Waals surface area contributed by atoms with Crippen LogP contribution in [0.15, 0.2) is 24.3 Å². The number of hydrogen-bond acceptors (Lipinski definition) is 4. The number of rotatable bonds is 4. The second-order valence-electron chi connectivity index (χ2n) is 5.07. The first-order valence-corrected chi connectivity index (χ1v) is 7.31. The number of hydrogen-bond donors (Lipinski definition) is 1. The quantitative estimate of drug-likeness (QED) is 0.483. The monoisotopic (exact) mass is 290 g/mol. The molecule has 4 unspecified atom stereocenters. The van der Waals surface area contributed by atoms with Crippen molar-refractivity contribution in [2.24, 2.45) is 11.8 Å². The van der Waals surface area contributed by atoms with E-state index < -0.39 is 32.8 Å². The van der Waals surface area contributed by atoms with Crippen LogP contribution in [0.4, 0.5) is 4.39 Å². The molecule has 0 aliphatic heterocycles. The van der Waals surface area contributed by atoms with Crippen molar-refractivity contribution >= 4 is 16.1 Å². The molecule has 1 fully saturated rings.